The summed E-state index contributed by atoms with van der Waals surface area (Å²) in [6.45, 7) is -1.80. The summed E-state index contributed by atoms with van der Waals surface area (Å²) in [5.41, 5.74) is -2.94. The maximum absolute atomic E-state index is 14.9. The van der Waals surface area contributed by atoms with Crippen LogP contribution in [-0.4, -0.2) is 42.9 Å². The Labute approximate surface area is 223 Å². The molecule has 0 aliphatic carbocycles. The molecule has 0 heterocycles. The van der Waals surface area contributed by atoms with E-state index in [0.29, 0.717) is 12.1 Å². The van der Waals surface area contributed by atoms with Gasteiger partial charge in [0.05, 0.1) is 21.2 Å². The second kappa shape index (κ2) is 11.9. The molecule has 0 spiro atoms. The average Bonchev–Trinajstić information content (AvgIpc) is 2.80. The first-order chi connectivity index (χ1) is 17.7. The highest BCUT2D eigenvalue weighted by Gasteiger charge is 2.41. The number of hydrazine groups is 1. The third-order valence-electron chi connectivity index (χ3n) is 4.83. The van der Waals surface area contributed by atoms with E-state index in [1.807, 2.05) is 0 Å². The first-order valence-electron chi connectivity index (χ1n) is 10.2. The molecule has 2 N–H and O–H groups in total. The van der Waals surface area contributed by atoms with E-state index in [0.717, 1.165) is 25.2 Å². The van der Waals surface area contributed by atoms with Crippen molar-refractivity contribution < 1.29 is 53.5 Å². The third-order valence-corrected chi connectivity index (χ3v) is 5.57. The topological polar surface area (TPSA) is 61.4 Å². The van der Waals surface area contributed by atoms with Crippen molar-refractivity contribution in [2.75, 3.05) is 13.6 Å². The number of nitrogens with one attached hydrogen (secondary N) is 2. The minimum absolute atomic E-state index is 0.00750. The van der Waals surface area contributed by atoms with Crippen LogP contribution in [0.25, 0.3) is 5.83 Å². The van der Waals surface area contributed by atoms with Crippen LogP contribution in [0.1, 0.15) is 33.0 Å². The van der Waals surface area contributed by atoms with Crippen molar-refractivity contribution in [2.24, 2.45) is 0 Å². The van der Waals surface area contributed by atoms with Crippen molar-refractivity contribution in [2.45, 2.75) is 24.4 Å². The Balaban J connectivity index is 2.42. The smallest absolute Gasteiger partial charge is 0.327 e. The van der Waals surface area contributed by atoms with Crippen LogP contribution in [0.5, 0.6) is 0 Å². The SMILES string of the molecule is CN(NC(=O)c1ccc(C(F)=CC(c2ccc(Cl)c(Cl)c2)C(F)(F)F)cc1C(F)(F)F)C(=O)NCC(F)(F)F. The molecule has 2 rings (SSSR count). The summed E-state index contributed by atoms with van der Waals surface area (Å²) in [6, 6.07) is 2.24. The van der Waals surface area contributed by atoms with Crippen molar-refractivity contribution in [1.82, 2.24) is 15.8 Å². The number of carbonyl (C=O) groups is 2. The molecule has 17 heteroatoms. The summed E-state index contributed by atoms with van der Waals surface area (Å²) in [4.78, 5) is 24.0. The van der Waals surface area contributed by atoms with Crippen molar-refractivity contribution in [3.63, 3.8) is 0 Å². The lowest BCUT2D eigenvalue weighted by atomic mass is 9.95. The van der Waals surface area contributed by atoms with E-state index < -0.39 is 71.0 Å². The molecule has 0 aromatic heterocycles. The average molecular weight is 614 g/mol. The summed E-state index contributed by atoms with van der Waals surface area (Å²) >= 11 is 11.4. The van der Waals surface area contributed by atoms with Crippen LogP contribution in [0.2, 0.25) is 10.0 Å². The van der Waals surface area contributed by atoms with Crippen molar-refractivity contribution in [3.8, 4) is 0 Å². The largest absolute Gasteiger partial charge is 0.417 e. The number of hydrogen-bond donors (Lipinski definition) is 2. The Bertz CT molecular complexity index is 1260. The van der Waals surface area contributed by atoms with Crippen LogP contribution in [0.3, 0.4) is 0 Å². The zero-order valence-corrected chi connectivity index (χ0v) is 20.6. The maximum atomic E-state index is 14.9. The van der Waals surface area contributed by atoms with Crippen molar-refractivity contribution in [3.05, 3.63) is 74.8 Å². The van der Waals surface area contributed by atoms with Gasteiger partial charge in [0.25, 0.3) is 5.91 Å². The molecule has 3 amide bonds. The molecule has 0 radical (unpaired) electrons. The van der Waals surface area contributed by atoms with E-state index in [4.69, 9.17) is 23.2 Å². The van der Waals surface area contributed by atoms with E-state index in [1.54, 1.807) is 5.43 Å². The number of rotatable bonds is 5. The monoisotopic (exact) mass is 613 g/mol. The predicted molar refractivity (Wildman–Crippen MR) is 120 cm³/mol. The molecule has 2 aromatic rings. The lowest BCUT2D eigenvalue weighted by Crippen LogP contribution is -2.50. The Hall–Kier alpha value is -3.20. The number of halogens is 12. The lowest BCUT2D eigenvalue weighted by Gasteiger charge is -2.21. The van der Waals surface area contributed by atoms with Gasteiger partial charge in [0, 0.05) is 12.6 Å². The quantitative estimate of drug-likeness (QED) is 0.271. The van der Waals surface area contributed by atoms with Crippen LogP contribution < -0.4 is 10.7 Å². The van der Waals surface area contributed by atoms with Gasteiger partial charge >= 0.3 is 24.6 Å². The third kappa shape index (κ3) is 8.92. The van der Waals surface area contributed by atoms with Gasteiger partial charge in [0.1, 0.15) is 18.3 Å². The Morgan fingerprint density at radius 1 is 0.949 bits per heavy atom. The summed E-state index contributed by atoms with van der Waals surface area (Å²) < 4.78 is 133. The fourth-order valence-electron chi connectivity index (χ4n) is 3.01. The minimum atomic E-state index is -5.34. The standard InChI is InChI=1S/C22H15Cl2F10N3O2/c1-37(19(39)35-9-20(26,27)28)36-18(38)12-4-2-11(6-14(12)22(32,33)34)17(25)8-13(21(29,30)31)10-3-5-15(23)16(24)7-10/h2-8,13H,9H2,1H3,(H,35,39)(H,36,38). The highest BCUT2D eigenvalue weighted by atomic mass is 35.5. The van der Waals surface area contributed by atoms with E-state index in [9.17, 15) is 53.5 Å². The maximum Gasteiger partial charge on any atom is 0.417 e. The summed E-state index contributed by atoms with van der Waals surface area (Å²) in [6.07, 6.45) is -15.2. The number of hydrogen-bond acceptors (Lipinski definition) is 2. The molecule has 1 atom stereocenters. The Morgan fingerprint density at radius 3 is 2.08 bits per heavy atom. The van der Waals surface area contributed by atoms with Gasteiger partial charge in [-0.1, -0.05) is 35.3 Å². The van der Waals surface area contributed by atoms with E-state index >= 15 is 0 Å². The van der Waals surface area contributed by atoms with Crippen LogP contribution in [0, 0.1) is 0 Å². The molecule has 2 aromatic carbocycles. The number of nitrogens with zero attached hydrogens (tertiary/aromatic N) is 1. The van der Waals surface area contributed by atoms with Gasteiger partial charge in [-0.3, -0.25) is 10.2 Å². The first-order valence-corrected chi connectivity index (χ1v) is 11.0. The van der Waals surface area contributed by atoms with Crippen LogP contribution >= 0.6 is 23.2 Å². The molecule has 5 nitrogen and oxygen atoms in total. The number of benzene rings is 2. The van der Waals surface area contributed by atoms with E-state index in [2.05, 4.69) is 0 Å². The van der Waals surface area contributed by atoms with Crippen LogP contribution in [0.4, 0.5) is 48.7 Å². The second-order valence-corrected chi connectivity index (χ2v) is 8.55. The fraction of sp³-hybridized carbons (Fsp3) is 0.273. The Morgan fingerprint density at radius 2 is 1.56 bits per heavy atom. The number of carbonyl (C=O) groups excluding carboxylic acids is 2. The zero-order chi connectivity index (χ0) is 29.9. The number of alkyl halides is 9. The second-order valence-electron chi connectivity index (χ2n) is 7.74. The summed E-state index contributed by atoms with van der Waals surface area (Å²) in [5.74, 6) is -6.01. The molecule has 0 aliphatic heterocycles. The van der Waals surface area contributed by atoms with Crippen LogP contribution in [0.15, 0.2) is 42.5 Å². The molecule has 1 unspecified atom stereocenters. The number of amides is 3. The highest BCUT2D eigenvalue weighted by molar-refractivity contribution is 6.42. The molecular weight excluding hydrogens is 599 g/mol. The van der Waals surface area contributed by atoms with Gasteiger partial charge in [-0.15, -0.1) is 0 Å². The predicted octanol–water partition coefficient (Wildman–Crippen LogP) is 7.52. The van der Waals surface area contributed by atoms with E-state index in [-0.39, 0.29) is 27.2 Å². The molecule has 0 saturated heterocycles. The molecule has 39 heavy (non-hydrogen) atoms. The van der Waals surface area contributed by atoms with E-state index in [1.165, 1.54) is 5.32 Å². The fourth-order valence-corrected chi connectivity index (χ4v) is 3.32. The van der Waals surface area contributed by atoms with Crippen molar-refractivity contribution in [1.29, 1.82) is 0 Å². The van der Waals surface area contributed by atoms with Gasteiger partial charge < -0.3 is 5.32 Å². The summed E-state index contributed by atoms with van der Waals surface area (Å²) in [5, 5.41) is 1.10. The number of urea groups is 1. The molecule has 0 bridgehead atoms. The van der Waals surface area contributed by atoms with Gasteiger partial charge in [-0.05, 0) is 35.9 Å². The first kappa shape index (κ1) is 32.0. The normalized spacial score (nSPS) is 13.6. The molecular formula is C22H15Cl2F10N3O2. The zero-order valence-electron chi connectivity index (χ0n) is 19.1. The minimum Gasteiger partial charge on any atom is -0.327 e. The summed E-state index contributed by atoms with van der Waals surface area (Å²) in [7, 11) is 0.730. The van der Waals surface area contributed by atoms with Crippen LogP contribution in [-0.2, 0) is 6.18 Å². The number of allylic oxidation sites excluding steroid dienone is 1. The molecule has 0 saturated carbocycles. The highest BCUT2D eigenvalue weighted by Crippen LogP contribution is 2.41. The van der Waals surface area contributed by atoms with Gasteiger partial charge in [-0.25, -0.2) is 14.2 Å². The van der Waals surface area contributed by atoms with Gasteiger partial charge in [0.15, 0.2) is 0 Å². The van der Waals surface area contributed by atoms with Gasteiger partial charge in [-0.2, -0.15) is 39.5 Å². The molecule has 0 aliphatic rings. The van der Waals surface area contributed by atoms with Crippen molar-refractivity contribution >= 4 is 41.0 Å². The Kier molecular flexibility index (Phi) is 9.77. The van der Waals surface area contributed by atoms with Gasteiger partial charge in [0.2, 0.25) is 0 Å². The molecule has 0 fully saturated rings. The molecule has 214 valence electrons. The lowest BCUT2D eigenvalue weighted by molar-refractivity contribution is -0.140.